The van der Waals surface area contributed by atoms with Gasteiger partial charge >= 0.3 is 6.03 Å². The standard InChI is InChI=1S/C11H14Cl2N2O2/c1-17-5-4-10(15-11(14)16)7-2-3-8(12)9(13)6-7/h2-3,6,10H,4-5H2,1H3,(H3,14,15,16). The highest BCUT2D eigenvalue weighted by atomic mass is 35.5. The lowest BCUT2D eigenvalue weighted by molar-refractivity contribution is 0.182. The Kier molecular flexibility index (Phi) is 5.55. The Hall–Kier alpha value is -0.970. The zero-order valence-electron chi connectivity index (χ0n) is 9.37. The summed E-state index contributed by atoms with van der Waals surface area (Å²) in [7, 11) is 1.59. The molecule has 0 spiro atoms. The molecule has 0 aliphatic carbocycles. The molecule has 17 heavy (non-hydrogen) atoms. The lowest BCUT2D eigenvalue weighted by Gasteiger charge is -2.18. The summed E-state index contributed by atoms with van der Waals surface area (Å²) in [6.45, 7) is 0.505. The highest BCUT2D eigenvalue weighted by Gasteiger charge is 2.14. The average Bonchev–Trinajstić information content (AvgIpc) is 2.27. The van der Waals surface area contributed by atoms with E-state index in [1.54, 1.807) is 25.3 Å². The van der Waals surface area contributed by atoms with Crippen molar-refractivity contribution in [2.24, 2.45) is 5.73 Å². The summed E-state index contributed by atoms with van der Waals surface area (Å²) < 4.78 is 4.98. The van der Waals surface area contributed by atoms with E-state index in [-0.39, 0.29) is 6.04 Å². The van der Waals surface area contributed by atoms with Crippen molar-refractivity contribution in [1.29, 1.82) is 0 Å². The van der Waals surface area contributed by atoms with Crippen LogP contribution >= 0.6 is 23.2 Å². The van der Waals surface area contributed by atoms with E-state index < -0.39 is 6.03 Å². The fourth-order valence-corrected chi connectivity index (χ4v) is 1.77. The predicted octanol–water partition coefficient (Wildman–Crippen LogP) is 2.74. The molecule has 0 heterocycles. The molecular formula is C11H14Cl2N2O2. The molecule has 0 fully saturated rings. The third-order valence-corrected chi connectivity index (χ3v) is 3.01. The first kappa shape index (κ1) is 14.1. The maximum atomic E-state index is 10.9. The monoisotopic (exact) mass is 276 g/mol. The van der Waals surface area contributed by atoms with Crippen molar-refractivity contribution in [3.8, 4) is 0 Å². The van der Waals surface area contributed by atoms with Crippen molar-refractivity contribution >= 4 is 29.2 Å². The molecule has 6 heteroatoms. The Labute approximate surface area is 110 Å². The van der Waals surface area contributed by atoms with Gasteiger partial charge in [-0.2, -0.15) is 0 Å². The van der Waals surface area contributed by atoms with Crippen molar-refractivity contribution in [1.82, 2.24) is 5.32 Å². The van der Waals surface area contributed by atoms with Crippen molar-refractivity contribution in [3.63, 3.8) is 0 Å². The number of halogens is 2. The van der Waals surface area contributed by atoms with E-state index in [0.717, 1.165) is 5.56 Å². The maximum absolute atomic E-state index is 10.9. The van der Waals surface area contributed by atoms with E-state index in [1.807, 2.05) is 0 Å². The summed E-state index contributed by atoms with van der Waals surface area (Å²) in [4.78, 5) is 10.9. The summed E-state index contributed by atoms with van der Waals surface area (Å²) in [5.41, 5.74) is 5.96. The number of ether oxygens (including phenoxy) is 1. The molecular weight excluding hydrogens is 263 g/mol. The van der Waals surface area contributed by atoms with Crippen LogP contribution in [0.25, 0.3) is 0 Å². The highest BCUT2D eigenvalue weighted by molar-refractivity contribution is 6.42. The molecule has 3 N–H and O–H groups in total. The lowest BCUT2D eigenvalue weighted by atomic mass is 10.0. The number of nitrogens with one attached hydrogen (secondary N) is 1. The molecule has 4 nitrogen and oxygen atoms in total. The summed E-state index contributed by atoms with van der Waals surface area (Å²) in [5, 5.41) is 3.55. The van der Waals surface area contributed by atoms with Crippen LogP contribution < -0.4 is 11.1 Å². The molecule has 1 aromatic carbocycles. The minimum atomic E-state index is -0.586. The first-order chi connectivity index (χ1) is 8.04. The number of hydrogen-bond donors (Lipinski definition) is 2. The fourth-order valence-electron chi connectivity index (χ4n) is 1.46. The van der Waals surface area contributed by atoms with Crippen molar-refractivity contribution in [3.05, 3.63) is 33.8 Å². The van der Waals surface area contributed by atoms with E-state index in [1.165, 1.54) is 0 Å². The van der Waals surface area contributed by atoms with Crippen molar-refractivity contribution in [2.45, 2.75) is 12.5 Å². The number of methoxy groups -OCH3 is 1. The highest BCUT2D eigenvalue weighted by Crippen LogP contribution is 2.26. The van der Waals surface area contributed by atoms with Gasteiger partial charge in [-0.25, -0.2) is 4.79 Å². The van der Waals surface area contributed by atoms with Gasteiger partial charge in [0, 0.05) is 13.7 Å². The van der Waals surface area contributed by atoms with Crippen LogP contribution in [-0.4, -0.2) is 19.7 Å². The lowest BCUT2D eigenvalue weighted by Crippen LogP contribution is -2.33. The maximum Gasteiger partial charge on any atom is 0.312 e. The van der Waals surface area contributed by atoms with Crippen LogP contribution in [0.1, 0.15) is 18.0 Å². The Morgan fingerprint density at radius 1 is 1.47 bits per heavy atom. The minimum absolute atomic E-state index is 0.234. The zero-order chi connectivity index (χ0) is 12.8. The summed E-state index contributed by atoms with van der Waals surface area (Å²) in [6, 6.07) is 4.37. The molecule has 0 aliphatic heterocycles. The number of carbonyl (C=O) groups is 1. The molecule has 0 aromatic heterocycles. The van der Waals surface area contributed by atoms with Crippen LogP contribution in [0.15, 0.2) is 18.2 Å². The third kappa shape index (κ3) is 4.42. The zero-order valence-corrected chi connectivity index (χ0v) is 10.9. The first-order valence-corrected chi connectivity index (χ1v) is 5.80. The molecule has 0 radical (unpaired) electrons. The number of rotatable bonds is 5. The van der Waals surface area contributed by atoms with E-state index in [2.05, 4.69) is 5.32 Å². The Bertz CT molecular complexity index is 399. The number of nitrogens with two attached hydrogens (primary N) is 1. The minimum Gasteiger partial charge on any atom is -0.385 e. The number of amides is 2. The Morgan fingerprint density at radius 2 is 2.18 bits per heavy atom. The second-order valence-electron chi connectivity index (χ2n) is 3.52. The third-order valence-electron chi connectivity index (χ3n) is 2.27. The van der Waals surface area contributed by atoms with Crippen LogP contribution in [0.3, 0.4) is 0 Å². The number of benzene rings is 1. The van der Waals surface area contributed by atoms with Gasteiger partial charge in [0.25, 0.3) is 0 Å². The number of carbonyl (C=O) groups excluding carboxylic acids is 1. The molecule has 1 unspecified atom stereocenters. The normalized spacial score (nSPS) is 12.2. The summed E-state index contributed by atoms with van der Waals surface area (Å²) in [5.74, 6) is 0. The molecule has 1 aromatic rings. The molecule has 94 valence electrons. The number of hydrogen-bond acceptors (Lipinski definition) is 2. The van der Waals surface area contributed by atoms with Gasteiger partial charge in [-0.3, -0.25) is 0 Å². The number of urea groups is 1. The molecule has 2 amide bonds. The second kappa shape index (κ2) is 6.69. The number of primary amides is 1. The molecule has 1 rings (SSSR count). The van der Waals surface area contributed by atoms with Gasteiger partial charge < -0.3 is 15.8 Å². The van der Waals surface area contributed by atoms with Crippen LogP contribution in [0.2, 0.25) is 10.0 Å². The second-order valence-corrected chi connectivity index (χ2v) is 4.33. The van der Waals surface area contributed by atoms with E-state index in [4.69, 9.17) is 33.7 Å². The van der Waals surface area contributed by atoms with Gasteiger partial charge in [-0.15, -0.1) is 0 Å². The van der Waals surface area contributed by atoms with Gasteiger partial charge in [0.2, 0.25) is 0 Å². The van der Waals surface area contributed by atoms with Gasteiger partial charge in [-0.05, 0) is 24.1 Å². The van der Waals surface area contributed by atoms with Gasteiger partial charge in [0.1, 0.15) is 0 Å². The van der Waals surface area contributed by atoms with E-state index >= 15 is 0 Å². The molecule has 0 aliphatic rings. The molecule has 0 bridgehead atoms. The summed E-state index contributed by atoms with van der Waals surface area (Å²) in [6.07, 6.45) is 0.609. The van der Waals surface area contributed by atoms with Crippen molar-refractivity contribution < 1.29 is 9.53 Å². The van der Waals surface area contributed by atoms with Crippen LogP contribution in [0, 0.1) is 0 Å². The van der Waals surface area contributed by atoms with Crippen molar-refractivity contribution in [2.75, 3.05) is 13.7 Å². The fraction of sp³-hybridized carbons (Fsp3) is 0.364. The van der Waals surface area contributed by atoms with E-state index in [0.29, 0.717) is 23.1 Å². The Morgan fingerprint density at radius 3 is 2.71 bits per heavy atom. The SMILES string of the molecule is COCCC(NC(N)=O)c1ccc(Cl)c(Cl)c1. The average molecular weight is 277 g/mol. The predicted molar refractivity (Wildman–Crippen MR) is 68.4 cm³/mol. The van der Waals surface area contributed by atoms with E-state index in [9.17, 15) is 4.79 Å². The van der Waals surface area contributed by atoms with Gasteiger partial charge in [-0.1, -0.05) is 29.3 Å². The van der Waals surface area contributed by atoms with Crippen LogP contribution in [0.4, 0.5) is 4.79 Å². The quantitative estimate of drug-likeness (QED) is 0.869. The van der Waals surface area contributed by atoms with Crippen LogP contribution in [0.5, 0.6) is 0 Å². The molecule has 0 saturated heterocycles. The summed E-state index contributed by atoms with van der Waals surface area (Å²) >= 11 is 11.7. The molecule has 0 saturated carbocycles. The smallest absolute Gasteiger partial charge is 0.312 e. The Balaban J connectivity index is 2.86. The van der Waals surface area contributed by atoms with Crippen LogP contribution in [-0.2, 0) is 4.74 Å². The first-order valence-electron chi connectivity index (χ1n) is 5.04. The van der Waals surface area contributed by atoms with Gasteiger partial charge in [0.15, 0.2) is 0 Å². The topological polar surface area (TPSA) is 64.3 Å². The van der Waals surface area contributed by atoms with Gasteiger partial charge in [0.05, 0.1) is 16.1 Å². The largest absolute Gasteiger partial charge is 0.385 e. The molecule has 1 atom stereocenters.